The van der Waals surface area contributed by atoms with Crippen molar-refractivity contribution in [2.45, 2.75) is 44.6 Å². The SMILES string of the molecule is O=C1Cc2cc(CC(=O)N3CCN(C(=O)NC4CCCC4)CC3)ccc2N1. The molecule has 7 heteroatoms. The van der Waals surface area contributed by atoms with Gasteiger partial charge in [-0.3, -0.25) is 9.59 Å². The van der Waals surface area contributed by atoms with Gasteiger partial charge in [0.05, 0.1) is 12.8 Å². The lowest BCUT2D eigenvalue weighted by Gasteiger charge is -2.35. The second kappa shape index (κ2) is 7.58. The lowest BCUT2D eigenvalue weighted by Crippen LogP contribution is -2.54. The van der Waals surface area contributed by atoms with Gasteiger partial charge in [-0.15, -0.1) is 0 Å². The van der Waals surface area contributed by atoms with Crippen LogP contribution in [0.25, 0.3) is 0 Å². The van der Waals surface area contributed by atoms with Crippen LogP contribution >= 0.6 is 0 Å². The smallest absolute Gasteiger partial charge is 0.317 e. The zero-order valence-electron chi connectivity index (χ0n) is 15.5. The maximum absolute atomic E-state index is 12.6. The summed E-state index contributed by atoms with van der Waals surface area (Å²) in [7, 11) is 0. The Morgan fingerprint density at radius 2 is 1.78 bits per heavy atom. The molecule has 1 saturated carbocycles. The van der Waals surface area contributed by atoms with E-state index in [0.717, 1.165) is 29.7 Å². The quantitative estimate of drug-likeness (QED) is 0.846. The lowest BCUT2D eigenvalue weighted by molar-refractivity contribution is -0.131. The fourth-order valence-electron chi connectivity index (χ4n) is 4.17. The molecular weight excluding hydrogens is 344 g/mol. The molecule has 0 radical (unpaired) electrons. The van der Waals surface area contributed by atoms with Gasteiger partial charge in [0.1, 0.15) is 0 Å². The number of carbonyl (C=O) groups excluding carboxylic acids is 3. The maximum Gasteiger partial charge on any atom is 0.317 e. The molecule has 0 aromatic heterocycles. The Labute approximate surface area is 159 Å². The number of rotatable bonds is 3. The van der Waals surface area contributed by atoms with Gasteiger partial charge in [-0.25, -0.2) is 4.79 Å². The number of anilines is 1. The van der Waals surface area contributed by atoms with Gasteiger partial charge in [-0.1, -0.05) is 25.0 Å². The Kier molecular flexibility index (Phi) is 5.01. The number of hydrogen-bond acceptors (Lipinski definition) is 3. The monoisotopic (exact) mass is 370 g/mol. The summed E-state index contributed by atoms with van der Waals surface area (Å²) < 4.78 is 0. The van der Waals surface area contributed by atoms with Crippen LogP contribution in [-0.2, 0) is 22.4 Å². The number of hydrogen-bond donors (Lipinski definition) is 2. The molecule has 0 bridgehead atoms. The molecule has 1 aliphatic carbocycles. The van der Waals surface area contributed by atoms with Crippen molar-refractivity contribution in [3.8, 4) is 0 Å². The number of piperazine rings is 1. The highest BCUT2D eigenvalue weighted by molar-refractivity contribution is 5.99. The summed E-state index contributed by atoms with van der Waals surface area (Å²) in [5, 5.41) is 5.91. The van der Waals surface area contributed by atoms with E-state index in [4.69, 9.17) is 0 Å². The number of fused-ring (bicyclic) bond motifs is 1. The first-order valence-electron chi connectivity index (χ1n) is 9.83. The van der Waals surface area contributed by atoms with Crippen molar-refractivity contribution >= 4 is 23.5 Å². The molecule has 4 amide bonds. The van der Waals surface area contributed by atoms with E-state index >= 15 is 0 Å². The summed E-state index contributed by atoms with van der Waals surface area (Å²) in [4.78, 5) is 40.0. The van der Waals surface area contributed by atoms with E-state index in [1.807, 2.05) is 28.0 Å². The third-order valence-electron chi connectivity index (χ3n) is 5.75. The summed E-state index contributed by atoms with van der Waals surface area (Å²) in [6, 6.07) is 6.03. The number of urea groups is 1. The molecule has 1 saturated heterocycles. The minimum Gasteiger partial charge on any atom is -0.339 e. The fourth-order valence-corrected chi connectivity index (χ4v) is 4.17. The highest BCUT2D eigenvalue weighted by Gasteiger charge is 2.26. The Balaban J connectivity index is 1.27. The first kappa shape index (κ1) is 17.8. The Morgan fingerprint density at radius 1 is 1.07 bits per heavy atom. The molecule has 1 aromatic rings. The first-order chi connectivity index (χ1) is 13.1. The number of carbonyl (C=O) groups is 3. The summed E-state index contributed by atoms with van der Waals surface area (Å²) in [5.41, 5.74) is 2.73. The number of amides is 4. The minimum atomic E-state index is 0.000443. The van der Waals surface area contributed by atoms with E-state index in [-0.39, 0.29) is 17.8 Å². The van der Waals surface area contributed by atoms with E-state index < -0.39 is 0 Å². The van der Waals surface area contributed by atoms with Crippen LogP contribution in [0, 0.1) is 0 Å². The normalized spacial score (nSPS) is 19.8. The summed E-state index contributed by atoms with van der Waals surface area (Å²) in [6.45, 7) is 2.30. The number of nitrogens with zero attached hydrogens (tertiary/aromatic N) is 2. The molecule has 2 aliphatic heterocycles. The van der Waals surface area contributed by atoms with Crippen LogP contribution in [0.15, 0.2) is 18.2 Å². The highest BCUT2D eigenvalue weighted by Crippen LogP contribution is 2.24. The van der Waals surface area contributed by atoms with E-state index in [9.17, 15) is 14.4 Å². The lowest BCUT2D eigenvalue weighted by atomic mass is 10.1. The van der Waals surface area contributed by atoms with Gasteiger partial charge in [0.2, 0.25) is 11.8 Å². The second-order valence-electron chi connectivity index (χ2n) is 7.69. The maximum atomic E-state index is 12.6. The summed E-state index contributed by atoms with van der Waals surface area (Å²) >= 11 is 0. The fraction of sp³-hybridized carbons (Fsp3) is 0.550. The average molecular weight is 370 g/mol. The van der Waals surface area contributed by atoms with Crippen LogP contribution in [-0.4, -0.2) is 59.9 Å². The summed E-state index contributed by atoms with van der Waals surface area (Å²) in [5.74, 6) is 0.0727. The molecule has 3 aliphatic rings. The molecule has 1 aromatic carbocycles. The van der Waals surface area contributed by atoms with Crippen LogP contribution < -0.4 is 10.6 Å². The van der Waals surface area contributed by atoms with Crippen molar-refractivity contribution in [2.24, 2.45) is 0 Å². The molecule has 0 atom stereocenters. The molecule has 0 spiro atoms. The van der Waals surface area contributed by atoms with Crippen molar-refractivity contribution in [2.75, 3.05) is 31.5 Å². The van der Waals surface area contributed by atoms with E-state index in [1.54, 1.807) is 0 Å². The van der Waals surface area contributed by atoms with Crippen molar-refractivity contribution in [3.63, 3.8) is 0 Å². The molecular formula is C20H26N4O3. The summed E-state index contributed by atoms with van der Waals surface area (Å²) in [6.07, 6.45) is 5.25. The zero-order chi connectivity index (χ0) is 18.8. The zero-order valence-corrected chi connectivity index (χ0v) is 15.5. The standard InChI is InChI=1S/C20H26N4O3/c25-18-13-15-11-14(5-6-17(15)22-18)12-19(26)23-7-9-24(10-8-23)20(27)21-16-3-1-2-4-16/h5-6,11,16H,1-4,7-10,12-13H2,(H,21,27)(H,22,25). The predicted octanol–water partition coefficient (Wildman–Crippen LogP) is 1.52. The molecule has 0 unspecified atom stereocenters. The average Bonchev–Trinajstić information content (AvgIpc) is 3.30. The molecule has 144 valence electrons. The second-order valence-corrected chi connectivity index (χ2v) is 7.69. The van der Waals surface area contributed by atoms with Crippen molar-refractivity contribution in [1.82, 2.24) is 15.1 Å². The topological polar surface area (TPSA) is 81.8 Å². The first-order valence-corrected chi connectivity index (χ1v) is 9.83. The number of nitrogens with one attached hydrogen (secondary N) is 2. The minimum absolute atomic E-state index is 0.000443. The Bertz CT molecular complexity index is 750. The molecule has 2 fully saturated rings. The predicted molar refractivity (Wildman–Crippen MR) is 101 cm³/mol. The number of benzene rings is 1. The van der Waals surface area contributed by atoms with Gasteiger partial charge in [0.15, 0.2) is 0 Å². The van der Waals surface area contributed by atoms with Crippen LogP contribution in [0.3, 0.4) is 0 Å². The van der Waals surface area contributed by atoms with Crippen LogP contribution in [0.2, 0.25) is 0 Å². The van der Waals surface area contributed by atoms with Crippen LogP contribution in [0.5, 0.6) is 0 Å². The third kappa shape index (κ3) is 4.07. The van der Waals surface area contributed by atoms with Crippen LogP contribution in [0.4, 0.5) is 10.5 Å². The van der Waals surface area contributed by atoms with Gasteiger partial charge in [-0.2, -0.15) is 0 Å². The molecule has 7 nitrogen and oxygen atoms in total. The molecule has 4 rings (SSSR count). The molecule has 2 N–H and O–H groups in total. The van der Waals surface area contributed by atoms with Crippen molar-refractivity contribution in [1.29, 1.82) is 0 Å². The molecule has 2 heterocycles. The van der Waals surface area contributed by atoms with E-state index in [1.165, 1.54) is 12.8 Å². The van der Waals surface area contributed by atoms with Crippen molar-refractivity contribution < 1.29 is 14.4 Å². The largest absolute Gasteiger partial charge is 0.339 e. The van der Waals surface area contributed by atoms with Gasteiger partial charge in [0, 0.05) is 37.9 Å². The van der Waals surface area contributed by atoms with Crippen LogP contribution in [0.1, 0.15) is 36.8 Å². The molecule has 27 heavy (non-hydrogen) atoms. The van der Waals surface area contributed by atoms with E-state index in [0.29, 0.717) is 45.1 Å². The van der Waals surface area contributed by atoms with Gasteiger partial charge in [0.25, 0.3) is 0 Å². The Hall–Kier alpha value is -2.57. The Morgan fingerprint density at radius 3 is 2.52 bits per heavy atom. The van der Waals surface area contributed by atoms with Gasteiger partial charge >= 0.3 is 6.03 Å². The van der Waals surface area contributed by atoms with Gasteiger partial charge in [-0.05, 0) is 30.0 Å². The third-order valence-corrected chi connectivity index (χ3v) is 5.75. The highest BCUT2D eigenvalue weighted by atomic mass is 16.2. The van der Waals surface area contributed by atoms with E-state index in [2.05, 4.69) is 10.6 Å². The van der Waals surface area contributed by atoms with Crippen molar-refractivity contribution in [3.05, 3.63) is 29.3 Å². The van der Waals surface area contributed by atoms with Gasteiger partial charge < -0.3 is 20.4 Å².